The second kappa shape index (κ2) is 3.44. The molecular weight excluding hydrogens is 152 g/mol. The first-order valence-electron chi connectivity index (χ1n) is 4.61. The Morgan fingerprint density at radius 3 is 2.75 bits per heavy atom. The highest BCUT2D eigenvalue weighted by molar-refractivity contribution is 5.86. The predicted molar refractivity (Wildman–Crippen MR) is 49.0 cm³/mol. The van der Waals surface area contributed by atoms with Crippen LogP contribution in [0.2, 0.25) is 0 Å². The summed E-state index contributed by atoms with van der Waals surface area (Å²) in [5.74, 6) is 0.171. The van der Waals surface area contributed by atoms with Crippen LogP contribution >= 0.6 is 0 Å². The molecule has 0 bridgehead atoms. The van der Waals surface area contributed by atoms with Gasteiger partial charge in [-0.2, -0.15) is 0 Å². The van der Waals surface area contributed by atoms with E-state index in [4.69, 9.17) is 0 Å². The highest BCUT2D eigenvalue weighted by Gasteiger charge is 2.40. The number of amides is 1. The Labute approximate surface area is 74.1 Å². The van der Waals surface area contributed by atoms with E-state index < -0.39 is 0 Å². The van der Waals surface area contributed by atoms with Gasteiger partial charge in [0.25, 0.3) is 0 Å². The summed E-state index contributed by atoms with van der Waals surface area (Å²) in [4.78, 5) is 13.8. The number of nitrogens with zero attached hydrogens (tertiary/aromatic N) is 1. The zero-order chi connectivity index (χ0) is 9.19. The monoisotopic (exact) mass is 170 g/mol. The molecule has 70 valence electrons. The van der Waals surface area contributed by atoms with Crippen molar-refractivity contribution < 1.29 is 4.79 Å². The number of likely N-dealkylation sites (N-methyl/N-ethyl adjacent to an activating group) is 2. The summed E-state index contributed by atoms with van der Waals surface area (Å²) in [7, 11) is 2.02. The second-order valence-electron chi connectivity index (χ2n) is 3.66. The highest BCUT2D eigenvalue weighted by atomic mass is 16.2. The normalized spacial score (nSPS) is 30.6. The van der Waals surface area contributed by atoms with E-state index in [1.165, 1.54) is 0 Å². The number of hydrogen-bond donors (Lipinski definition) is 1. The van der Waals surface area contributed by atoms with Crippen LogP contribution in [0.25, 0.3) is 0 Å². The van der Waals surface area contributed by atoms with Gasteiger partial charge in [-0.15, -0.1) is 0 Å². The third kappa shape index (κ3) is 1.46. The van der Waals surface area contributed by atoms with Gasteiger partial charge in [0, 0.05) is 6.54 Å². The summed E-state index contributed by atoms with van der Waals surface area (Å²) < 4.78 is 0. The molecule has 0 radical (unpaired) electrons. The van der Waals surface area contributed by atoms with Gasteiger partial charge in [-0.3, -0.25) is 9.69 Å². The molecule has 1 aliphatic rings. The van der Waals surface area contributed by atoms with Crippen LogP contribution in [0.3, 0.4) is 0 Å². The fraction of sp³-hybridized carbons (Fsp3) is 0.889. The van der Waals surface area contributed by atoms with Gasteiger partial charge < -0.3 is 5.32 Å². The topological polar surface area (TPSA) is 32.3 Å². The first kappa shape index (κ1) is 9.52. The maximum atomic E-state index is 11.6. The van der Waals surface area contributed by atoms with Gasteiger partial charge >= 0.3 is 0 Å². The van der Waals surface area contributed by atoms with Gasteiger partial charge in [0.05, 0.1) is 5.54 Å². The van der Waals surface area contributed by atoms with Crippen molar-refractivity contribution in [3.63, 3.8) is 0 Å². The summed E-state index contributed by atoms with van der Waals surface area (Å²) in [5, 5.41) is 2.88. The molecule has 3 heteroatoms. The van der Waals surface area contributed by atoms with Crippen molar-refractivity contribution in [1.82, 2.24) is 10.2 Å². The first-order valence-corrected chi connectivity index (χ1v) is 4.61. The average Bonchev–Trinajstić information content (AvgIpc) is 2.34. The van der Waals surface area contributed by atoms with Gasteiger partial charge in [0.2, 0.25) is 5.91 Å². The molecule has 0 saturated carbocycles. The molecule has 0 aromatic carbocycles. The first-order chi connectivity index (χ1) is 5.61. The van der Waals surface area contributed by atoms with Crippen molar-refractivity contribution in [1.29, 1.82) is 0 Å². The number of likely N-dealkylation sites (tertiary alicyclic amines) is 1. The standard InChI is InChI=1S/C9H18N2O/c1-4-10-8(12)9(2)6-5-7-11(9)3/h4-7H2,1-3H3,(H,10,12). The minimum atomic E-state index is -0.254. The predicted octanol–water partition coefficient (Wildman–Crippen LogP) is 0.607. The van der Waals surface area contributed by atoms with Crippen molar-refractivity contribution in [3.05, 3.63) is 0 Å². The molecule has 1 fully saturated rings. The molecule has 0 aromatic heterocycles. The van der Waals surface area contributed by atoms with E-state index >= 15 is 0 Å². The Morgan fingerprint density at radius 1 is 1.67 bits per heavy atom. The van der Waals surface area contributed by atoms with Crippen molar-refractivity contribution in [2.24, 2.45) is 0 Å². The maximum absolute atomic E-state index is 11.6. The lowest BCUT2D eigenvalue weighted by atomic mass is 9.98. The van der Waals surface area contributed by atoms with Gasteiger partial charge in [-0.05, 0) is 40.3 Å². The van der Waals surface area contributed by atoms with E-state index in [0.717, 1.165) is 25.9 Å². The van der Waals surface area contributed by atoms with Gasteiger partial charge in [0.1, 0.15) is 0 Å². The van der Waals surface area contributed by atoms with Gasteiger partial charge in [-0.25, -0.2) is 0 Å². The molecule has 0 spiro atoms. The highest BCUT2D eigenvalue weighted by Crippen LogP contribution is 2.26. The zero-order valence-electron chi connectivity index (χ0n) is 8.18. The van der Waals surface area contributed by atoms with Gasteiger partial charge in [0.15, 0.2) is 0 Å². The largest absolute Gasteiger partial charge is 0.355 e. The Kier molecular flexibility index (Phi) is 2.73. The molecule has 3 nitrogen and oxygen atoms in total. The lowest BCUT2D eigenvalue weighted by molar-refractivity contribution is -0.130. The van der Waals surface area contributed by atoms with Crippen LogP contribution in [0.5, 0.6) is 0 Å². The Bertz CT molecular complexity index is 181. The van der Waals surface area contributed by atoms with Gasteiger partial charge in [-0.1, -0.05) is 0 Å². The number of nitrogens with one attached hydrogen (secondary N) is 1. The van der Waals surface area contributed by atoms with E-state index in [9.17, 15) is 4.79 Å². The lowest BCUT2D eigenvalue weighted by Gasteiger charge is -2.30. The minimum Gasteiger partial charge on any atom is -0.355 e. The molecule has 1 atom stereocenters. The smallest absolute Gasteiger partial charge is 0.240 e. The van der Waals surface area contributed by atoms with Crippen molar-refractivity contribution >= 4 is 5.91 Å². The van der Waals surface area contributed by atoms with E-state index in [2.05, 4.69) is 10.2 Å². The SMILES string of the molecule is CCNC(=O)C1(C)CCCN1C. The Balaban J connectivity index is 2.63. The van der Waals surface area contributed by atoms with Crippen LogP contribution in [0, 0.1) is 0 Å². The van der Waals surface area contributed by atoms with Crippen LogP contribution in [0.1, 0.15) is 26.7 Å². The molecule has 1 amide bonds. The molecule has 12 heavy (non-hydrogen) atoms. The zero-order valence-corrected chi connectivity index (χ0v) is 8.18. The number of carbonyl (C=O) groups excluding carboxylic acids is 1. The molecule has 1 heterocycles. The fourth-order valence-corrected chi connectivity index (χ4v) is 1.74. The third-order valence-corrected chi connectivity index (χ3v) is 2.83. The average molecular weight is 170 g/mol. The molecule has 1 N–H and O–H groups in total. The Morgan fingerprint density at radius 2 is 2.33 bits per heavy atom. The number of carbonyl (C=O) groups is 1. The second-order valence-corrected chi connectivity index (χ2v) is 3.66. The lowest BCUT2D eigenvalue weighted by Crippen LogP contribution is -2.51. The van der Waals surface area contributed by atoms with Crippen molar-refractivity contribution in [3.8, 4) is 0 Å². The van der Waals surface area contributed by atoms with E-state index in [1.807, 2.05) is 20.9 Å². The molecule has 1 saturated heterocycles. The summed E-state index contributed by atoms with van der Waals surface area (Å²) in [6, 6.07) is 0. The van der Waals surface area contributed by atoms with Crippen LogP contribution < -0.4 is 5.32 Å². The molecule has 0 aromatic rings. The van der Waals surface area contributed by atoms with Crippen LogP contribution in [0.15, 0.2) is 0 Å². The summed E-state index contributed by atoms with van der Waals surface area (Å²) in [6.45, 7) is 5.73. The van der Waals surface area contributed by atoms with E-state index in [-0.39, 0.29) is 11.4 Å². The van der Waals surface area contributed by atoms with E-state index in [0.29, 0.717) is 0 Å². The molecule has 0 aliphatic carbocycles. The summed E-state index contributed by atoms with van der Waals surface area (Å²) >= 11 is 0. The fourth-order valence-electron chi connectivity index (χ4n) is 1.74. The number of rotatable bonds is 2. The minimum absolute atomic E-state index is 0.171. The van der Waals surface area contributed by atoms with Crippen LogP contribution in [-0.4, -0.2) is 36.5 Å². The van der Waals surface area contributed by atoms with Crippen molar-refractivity contribution in [2.75, 3.05) is 20.1 Å². The molecular formula is C9H18N2O. The Hall–Kier alpha value is -0.570. The van der Waals surface area contributed by atoms with Crippen LogP contribution in [-0.2, 0) is 4.79 Å². The maximum Gasteiger partial charge on any atom is 0.240 e. The van der Waals surface area contributed by atoms with E-state index in [1.54, 1.807) is 0 Å². The molecule has 1 aliphatic heterocycles. The van der Waals surface area contributed by atoms with Crippen LogP contribution in [0.4, 0.5) is 0 Å². The molecule has 1 rings (SSSR count). The quantitative estimate of drug-likeness (QED) is 0.658. The van der Waals surface area contributed by atoms with Crippen molar-refractivity contribution in [2.45, 2.75) is 32.2 Å². The summed E-state index contributed by atoms with van der Waals surface area (Å²) in [5.41, 5.74) is -0.254. The summed E-state index contributed by atoms with van der Waals surface area (Å²) in [6.07, 6.45) is 2.11. The number of hydrogen-bond acceptors (Lipinski definition) is 2. The third-order valence-electron chi connectivity index (χ3n) is 2.83. The molecule has 1 unspecified atom stereocenters.